The molecular formula is C17H17BrN2O2. The molecule has 0 heterocycles. The lowest BCUT2D eigenvalue weighted by atomic mass is 10.1. The number of phenolic OH excluding ortho intramolecular Hbond substituents is 1. The molecule has 0 fully saturated rings. The first-order valence-electron chi connectivity index (χ1n) is 6.99. The van der Waals surface area contributed by atoms with Gasteiger partial charge in [-0.05, 0) is 48.2 Å². The Hall–Kier alpha value is -2.14. The van der Waals surface area contributed by atoms with Gasteiger partial charge in [0.15, 0.2) is 0 Å². The fourth-order valence-electron chi connectivity index (χ4n) is 1.90. The van der Waals surface area contributed by atoms with E-state index in [-0.39, 0.29) is 11.7 Å². The standard InChI is InChI=1S/C17H17BrN2O2/c18-15-8-4-14(5-9-15)12-19-20-17(22)3-1-2-13-6-10-16(21)11-7-13/h4-12,21H,1-3H2,(H,20,22)/b19-12-. The van der Waals surface area contributed by atoms with E-state index in [0.29, 0.717) is 6.42 Å². The van der Waals surface area contributed by atoms with Gasteiger partial charge in [0, 0.05) is 10.9 Å². The Balaban J connectivity index is 1.69. The van der Waals surface area contributed by atoms with Gasteiger partial charge in [-0.3, -0.25) is 4.79 Å². The van der Waals surface area contributed by atoms with Gasteiger partial charge in [-0.1, -0.05) is 40.2 Å². The van der Waals surface area contributed by atoms with E-state index < -0.39 is 0 Å². The average molecular weight is 361 g/mol. The van der Waals surface area contributed by atoms with Crippen molar-refractivity contribution in [3.05, 3.63) is 64.1 Å². The third-order valence-corrected chi connectivity index (χ3v) is 3.61. The van der Waals surface area contributed by atoms with E-state index in [1.165, 1.54) is 0 Å². The molecule has 2 aromatic carbocycles. The molecule has 0 aliphatic carbocycles. The zero-order valence-corrected chi connectivity index (χ0v) is 13.6. The molecule has 2 N–H and O–H groups in total. The molecule has 0 bridgehead atoms. The second kappa shape index (κ2) is 8.34. The molecule has 2 rings (SSSR count). The lowest BCUT2D eigenvalue weighted by Gasteiger charge is -2.02. The summed E-state index contributed by atoms with van der Waals surface area (Å²) in [6.07, 6.45) is 3.57. The van der Waals surface area contributed by atoms with E-state index in [2.05, 4.69) is 26.5 Å². The summed E-state index contributed by atoms with van der Waals surface area (Å²) in [5, 5.41) is 13.1. The summed E-state index contributed by atoms with van der Waals surface area (Å²) in [5.41, 5.74) is 4.54. The molecular weight excluding hydrogens is 344 g/mol. The van der Waals surface area contributed by atoms with Gasteiger partial charge >= 0.3 is 0 Å². The van der Waals surface area contributed by atoms with Crippen molar-refractivity contribution in [1.82, 2.24) is 5.43 Å². The molecule has 5 heteroatoms. The molecule has 0 atom stereocenters. The van der Waals surface area contributed by atoms with E-state index in [9.17, 15) is 9.90 Å². The third-order valence-electron chi connectivity index (χ3n) is 3.08. The van der Waals surface area contributed by atoms with Gasteiger partial charge in [0.2, 0.25) is 5.91 Å². The molecule has 1 amide bonds. The van der Waals surface area contributed by atoms with Crippen LogP contribution in [0.4, 0.5) is 0 Å². The van der Waals surface area contributed by atoms with Crippen LogP contribution in [0.25, 0.3) is 0 Å². The fourth-order valence-corrected chi connectivity index (χ4v) is 2.16. The van der Waals surface area contributed by atoms with Crippen molar-refractivity contribution in [2.24, 2.45) is 5.10 Å². The molecule has 4 nitrogen and oxygen atoms in total. The molecule has 0 saturated heterocycles. The van der Waals surface area contributed by atoms with Gasteiger partial charge in [0.25, 0.3) is 0 Å². The number of hydrogen-bond acceptors (Lipinski definition) is 3. The number of carbonyl (C=O) groups is 1. The highest BCUT2D eigenvalue weighted by atomic mass is 79.9. The number of carbonyl (C=O) groups excluding carboxylic acids is 1. The second-order valence-electron chi connectivity index (χ2n) is 4.86. The van der Waals surface area contributed by atoms with Crippen LogP contribution < -0.4 is 5.43 Å². The maximum atomic E-state index is 11.7. The van der Waals surface area contributed by atoms with E-state index in [4.69, 9.17) is 0 Å². The molecule has 0 radical (unpaired) electrons. The first kappa shape index (κ1) is 16.2. The van der Waals surface area contributed by atoms with Crippen molar-refractivity contribution in [2.45, 2.75) is 19.3 Å². The molecule has 0 unspecified atom stereocenters. The van der Waals surface area contributed by atoms with Gasteiger partial charge in [0.05, 0.1) is 6.21 Å². The maximum Gasteiger partial charge on any atom is 0.240 e. The SMILES string of the molecule is O=C(CCCc1ccc(O)cc1)N/N=C\c1ccc(Br)cc1. The average Bonchev–Trinajstić information content (AvgIpc) is 2.51. The van der Waals surface area contributed by atoms with Crippen LogP contribution in [0.1, 0.15) is 24.0 Å². The summed E-state index contributed by atoms with van der Waals surface area (Å²) < 4.78 is 1.00. The molecule has 0 aliphatic heterocycles. The number of nitrogens with zero attached hydrogens (tertiary/aromatic N) is 1. The maximum absolute atomic E-state index is 11.7. The summed E-state index contributed by atoms with van der Waals surface area (Å²) in [5.74, 6) is 0.149. The molecule has 0 aromatic heterocycles. The highest BCUT2D eigenvalue weighted by molar-refractivity contribution is 9.10. The Morgan fingerprint density at radius 2 is 1.82 bits per heavy atom. The van der Waals surface area contributed by atoms with Gasteiger partial charge in [-0.2, -0.15) is 5.10 Å². The van der Waals surface area contributed by atoms with Crippen LogP contribution in [0, 0.1) is 0 Å². The molecule has 0 spiro atoms. The van der Waals surface area contributed by atoms with Crippen molar-refractivity contribution in [3.63, 3.8) is 0 Å². The smallest absolute Gasteiger partial charge is 0.240 e. The van der Waals surface area contributed by atoms with Crippen molar-refractivity contribution in [3.8, 4) is 5.75 Å². The zero-order chi connectivity index (χ0) is 15.8. The van der Waals surface area contributed by atoms with Crippen molar-refractivity contribution < 1.29 is 9.90 Å². The van der Waals surface area contributed by atoms with Gasteiger partial charge in [-0.15, -0.1) is 0 Å². The number of aromatic hydroxyl groups is 1. The van der Waals surface area contributed by atoms with E-state index in [0.717, 1.165) is 28.4 Å². The Kier molecular flexibility index (Phi) is 6.15. The molecule has 2 aromatic rings. The minimum atomic E-state index is -0.104. The first-order chi connectivity index (χ1) is 10.6. The van der Waals surface area contributed by atoms with Gasteiger partial charge < -0.3 is 5.11 Å². The Morgan fingerprint density at radius 1 is 1.14 bits per heavy atom. The first-order valence-corrected chi connectivity index (χ1v) is 7.78. The minimum Gasteiger partial charge on any atom is -0.508 e. The number of benzene rings is 2. The Labute approximate surface area is 138 Å². The predicted molar refractivity (Wildman–Crippen MR) is 90.9 cm³/mol. The van der Waals surface area contributed by atoms with Gasteiger partial charge in [0.1, 0.15) is 5.75 Å². The molecule has 114 valence electrons. The molecule has 0 aliphatic rings. The zero-order valence-electron chi connectivity index (χ0n) is 12.0. The van der Waals surface area contributed by atoms with E-state index in [1.807, 2.05) is 36.4 Å². The van der Waals surface area contributed by atoms with Crippen LogP contribution in [0.15, 0.2) is 58.1 Å². The highest BCUT2D eigenvalue weighted by Crippen LogP contribution is 2.12. The van der Waals surface area contributed by atoms with E-state index >= 15 is 0 Å². The van der Waals surface area contributed by atoms with Crippen LogP contribution in [0.5, 0.6) is 5.75 Å². The summed E-state index contributed by atoms with van der Waals surface area (Å²) >= 11 is 3.36. The number of halogens is 1. The number of aryl methyl sites for hydroxylation is 1. The second-order valence-corrected chi connectivity index (χ2v) is 5.78. The number of phenols is 1. The topological polar surface area (TPSA) is 61.7 Å². The summed E-state index contributed by atoms with van der Waals surface area (Å²) in [6.45, 7) is 0. The third kappa shape index (κ3) is 5.69. The number of hydrogen-bond donors (Lipinski definition) is 2. The summed E-state index contributed by atoms with van der Waals surface area (Å²) in [6, 6.07) is 14.7. The number of nitrogens with one attached hydrogen (secondary N) is 1. The predicted octanol–water partition coefficient (Wildman–Crippen LogP) is 3.63. The van der Waals surface area contributed by atoms with Crippen molar-refractivity contribution in [1.29, 1.82) is 0 Å². The van der Waals surface area contributed by atoms with Crippen molar-refractivity contribution >= 4 is 28.1 Å². The normalized spacial score (nSPS) is 10.8. The lowest BCUT2D eigenvalue weighted by Crippen LogP contribution is -2.17. The van der Waals surface area contributed by atoms with Crippen LogP contribution in [0.2, 0.25) is 0 Å². The number of hydrazone groups is 1. The van der Waals surface area contributed by atoms with Crippen molar-refractivity contribution in [2.75, 3.05) is 0 Å². The summed E-state index contributed by atoms with van der Waals surface area (Å²) in [7, 11) is 0. The lowest BCUT2D eigenvalue weighted by molar-refractivity contribution is -0.121. The Morgan fingerprint density at radius 3 is 2.50 bits per heavy atom. The number of amides is 1. The van der Waals surface area contributed by atoms with Crippen LogP contribution in [-0.4, -0.2) is 17.2 Å². The van der Waals surface area contributed by atoms with Crippen LogP contribution in [0.3, 0.4) is 0 Å². The van der Waals surface area contributed by atoms with Gasteiger partial charge in [-0.25, -0.2) is 5.43 Å². The fraction of sp³-hybridized carbons (Fsp3) is 0.176. The quantitative estimate of drug-likeness (QED) is 0.610. The monoisotopic (exact) mass is 360 g/mol. The highest BCUT2D eigenvalue weighted by Gasteiger charge is 2.00. The molecule has 22 heavy (non-hydrogen) atoms. The van der Waals surface area contributed by atoms with Crippen LogP contribution in [-0.2, 0) is 11.2 Å². The van der Waals surface area contributed by atoms with E-state index in [1.54, 1.807) is 18.3 Å². The van der Waals surface area contributed by atoms with Crippen LogP contribution >= 0.6 is 15.9 Å². The summed E-state index contributed by atoms with van der Waals surface area (Å²) in [4.78, 5) is 11.7. The minimum absolute atomic E-state index is 0.104. The Bertz CT molecular complexity index is 637. The molecule has 0 saturated carbocycles. The largest absolute Gasteiger partial charge is 0.508 e. The number of rotatable bonds is 6.